The van der Waals surface area contributed by atoms with Crippen molar-refractivity contribution in [2.75, 3.05) is 11.5 Å². The summed E-state index contributed by atoms with van der Waals surface area (Å²) in [5.41, 5.74) is 5.21. The second-order valence-electron chi connectivity index (χ2n) is 6.84. The molecule has 7 nitrogen and oxygen atoms in total. The number of primary amides is 1. The fourth-order valence-corrected chi connectivity index (χ4v) is 4.97. The molecule has 0 unspecified atom stereocenters. The predicted octanol–water partition coefficient (Wildman–Crippen LogP) is 2.45. The van der Waals surface area contributed by atoms with Crippen molar-refractivity contribution in [3.05, 3.63) is 35.9 Å². The topological polar surface area (TPSA) is 108 Å². The molecule has 10 heteroatoms. The number of nitrogens with zero attached hydrogens (tertiary/aromatic N) is 3. The highest BCUT2D eigenvalue weighted by Gasteiger charge is 2.17. The lowest BCUT2D eigenvalue weighted by Gasteiger charge is -2.12. The van der Waals surface area contributed by atoms with Crippen LogP contribution in [0.5, 0.6) is 0 Å². The molecule has 0 saturated carbocycles. The lowest BCUT2D eigenvalue weighted by atomic mass is 10.2. The highest BCUT2D eigenvalue weighted by atomic mass is 32.2. The normalized spacial score (nSPS) is 11.9. The van der Waals surface area contributed by atoms with Gasteiger partial charge in [0.1, 0.15) is 11.6 Å². The number of halogens is 1. The van der Waals surface area contributed by atoms with E-state index in [0.717, 1.165) is 12.1 Å². The number of carbonyl (C=O) groups excluding carboxylic acids is 1. The van der Waals surface area contributed by atoms with Gasteiger partial charge in [-0.2, -0.15) is 0 Å². The summed E-state index contributed by atoms with van der Waals surface area (Å²) in [5, 5.41) is 9.04. The van der Waals surface area contributed by atoms with E-state index in [-0.39, 0.29) is 23.0 Å². The third kappa shape index (κ3) is 6.59. The molecule has 0 spiro atoms. The number of thioether (sulfide) groups is 1. The molecule has 1 aromatic heterocycles. The first-order chi connectivity index (χ1) is 13.2. The Kier molecular flexibility index (Phi) is 7.99. The maximum Gasteiger partial charge on any atom is 0.217 e. The van der Waals surface area contributed by atoms with Crippen molar-refractivity contribution in [2.24, 2.45) is 11.7 Å². The monoisotopic (exact) mass is 428 g/mol. The molecule has 0 fully saturated rings. The van der Waals surface area contributed by atoms with Gasteiger partial charge in [0, 0.05) is 25.1 Å². The highest BCUT2D eigenvalue weighted by molar-refractivity contribution is 7.99. The Labute approximate surface area is 168 Å². The first kappa shape index (κ1) is 22.4. The first-order valence-corrected chi connectivity index (χ1v) is 11.6. The Morgan fingerprint density at radius 3 is 2.54 bits per heavy atom. The Morgan fingerprint density at radius 1 is 1.25 bits per heavy atom. The number of hydrogen-bond acceptors (Lipinski definition) is 6. The Bertz CT molecular complexity index is 896. The van der Waals surface area contributed by atoms with Crippen LogP contribution in [0.3, 0.4) is 0 Å². The lowest BCUT2D eigenvalue weighted by molar-refractivity contribution is -0.118. The van der Waals surface area contributed by atoms with Crippen molar-refractivity contribution < 1.29 is 17.6 Å². The van der Waals surface area contributed by atoms with Crippen LogP contribution in [0.1, 0.15) is 32.5 Å². The van der Waals surface area contributed by atoms with E-state index in [9.17, 15) is 17.6 Å². The Hall–Kier alpha value is -1.94. The minimum Gasteiger partial charge on any atom is -0.370 e. The molecule has 28 heavy (non-hydrogen) atoms. The van der Waals surface area contributed by atoms with E-state index < -0.39 is 15.7 Å². The second-order valence-corrected chi connectivity index (χ2v) is 10.0. The van der Waals surface area contributed by atoms with Crippen LogP contribution in [0, 0.1) is 11.7 Å². The SMILES string of the molecule is CC(C)Cn1c(CCC(N)=O)nnc1SCCCS(=O)(=O)c1ccc(F)cc1. The van der Waals surface area contributed by atoms with Gasteiger partial charge in [0.15, 0.2) is 15.0 Å². The van der Waals surface area contributed by atoms with Crippen LogP contribution in [0.2, 0.25) is 0 Å². The van der Waals surface area contributed by atoms with Crippen LogP contribution >= 0.6 is 11.8 Å². The van der Waals surface area contributed by atoms with Gasteiger partial charge in [-0.1, -0.05) is 25.6 Å². The zero-order valence-corrected chi connectivity index (χ0v) is 17.6. The minimum absolute atomic E-state index is 0.0293. The van der Waals surface area contributed by atoms with E-state index in [4.69, 9.17) is 5.73 Å². The third-order valence-corrected chi connectivity index (χ3v) is 6.77. The largest absolute Gasteiger partial charge is 0.370 e. The summed E-state index contributed by atoms with van der Waals surface area (Å²) < 4.78 is 39.5. The van der Waals surface area contributed by atoms with Crippen molar-refractivity contribution >= 4 is 27.5 Å². The van der Waals surface area contributed by atoms with Crippen molar-refractivity contribution in [2.45, 2.75) is 49.7 Å². The van der Waals surface area contributed by atoms with E-state index in [1.165, 1.54) is 23.9 Å². The number of amides is 1. The van der Waals surface area contributed by atoms with Crippen LogP contribution in [-0.2, 0) is 27.6 Å². The van der Waals surface area contributed by atoms with Crippen LogP contribution in [0.25, 0.3) is 0 Å². The van der Waals surface area contributed by atoms with E-state index in [1.807, 2.05) is 4.57 Å². The van der Waals surface area contributed by atoms with Crippen molar-refractivity contribution in [1.82, 2.24) is 14.8 Å². The molecule has 0 aliphatic rings. The van der Waals surface area contributed by atoms with Gasteiger partial charge in [-0.15, -0.1) is 10.2 Å². The molecule has 1 aromatic carbocycles. The molecular weight excluding hydrogens is 403 g/mol. The Balaban J connectivity index is 1.96. The molecule has 0 atom stereocenters. The molecule has 0 bridgehead atoms. The number of nitrogens with two attached hydrogens (primary N) is 1. The fourth-order valence-electron chi connectivity index (χ4n) is 2.57. The lowest BCUT2D eigenvalue weighted by Crippen LogP contribution is -2.15. The van der Waals surface area contributed by atoms with Crippen molar-refractivity contribution in [3.63, 3.8) is 0 Å². The van der Waals surface area contributed by atoms with Crippen molar-refractivity contribution in [1.29, 1.82) is 0 Å². The number of carbonyl (C=O) groups is 1. The fraction of sp³-hybridized carbons (Fsp3) is 0.500. The number of aryl methyl sites for hydroxylation is 1. The molecule has 0 saturated heterocycles. The molecule has 0 radical (unpaired) electrons. The number of rotatable bonds is 11. The summed E-state index contributed by atoms with van der Waals surface area (Å²) >= 11 is 1.43. The van der Waals surface area contributed by atoms with Crippen LogP contribution in [-0.4, -0.2) is 40.6 Å². The number of aromatic nitrogens is 3. The molecule has 2 aromatic rings. The van der Waals surface area contributed by atoms with Crippen LogP contribution < -0.4 is 5.73 Å². The van der Waals surface area contributed by atoms with Gasteiger partial charge < -0.3 is 10.3 Å². The van der Waals surface area contributed by atoms with Crippen molar-refractivity contribution in [3.8, 4) is 0 Å². The van der Waals surface area contributed by atoms with E-state index in [1.54, 1.807) is 0 Å². The maximum atomic E-state index is 13.0. The Morgan fingerprint density at radius 2 is 1.93 bits per heavy atom. The van der Waals surface area contributed by atoms with E-state index in [2.05, 4.69) is 24.0 Å². The van der Waals surface area contributed by atoms with Gasteiger partial charge >= 0.3 is 0 Å². The summed E-state index contributed by atoms with van der Waals surface area (Å²) in [5.74, 6) is 0.728. The molecule has 1 heterocycles. The second kappa shape index (κ2) is 10.0. The minimum atomic E-state index is -3.45. The van der Waals surface area contributed by atoms with Gasteiger partial charge in [-0.05, 0) is 36.6 Å². The number of benzene rings is 1. The molecular formula is C18H25FN4O3S2. The quantitative estimate of drug-likeness (QED) is 0.335. The molecule has 0 aliphatic carbocycles. The number of sulfone groups is 1. The summed E-state index contributed by atoms with van der Waals surface area (Å²) in [6, 6.07) is 4.84. The summed E-state index contributed by atoms with van der Waals surface area (Å²) in [4.78, 5) is 11.2. The average molecular weight is 429 g/mol. The zero-order valence-electron chi connectivity index (χ0n) is 16.0. The molecule has 2 N–H and O–H groups in total. The zero-order chi connectivity index (χ0) is 20.7. The van der Waals surface area contributed by atoms with Crippen LogP contribution in [0.15, 0.2) is 34.3 Å². The van der Waals surface area contributed by atoms with Gasteiger partial charge in [0.05, 0.1) is 10.6 Å². The summed E-state index contributed by atoms with van der Waals surface area (Å²) in [6.07, 6.45) is 1.06. The van der Waals surface area contributed by atoms with Gasteiger partial charge in [0.25, 0.3) is 0 Å². The van der Waals surface area contributed by atoms with Crippen LogP contribution in [0.4, 0.5) is 4.39 Å². The average Bonchev–Trinajstić information content (AvgIpc) is 2.98. The van der Waals surface area contributed by atoms with Gasteiger partial charge in [-0.25, -0.2) is 12.8 Å². The third-order valence-electron chi connectivity index (χ3n) is 3.90. The predicted molar refractivity (Wildman–Crippen MR) is 106 cm³/mol. The first-order valence-electron chi connectivity index (χ1n) is 9.00. The van der Waals surface area contributed by atoms with Gasteiger partial charge in [0.2, 0.25) is 5.91 Å². The summed E-state index contributed by atoms with van der Waals surface area (Å²) in [6.45, 7) is 4.85. The van der Waals surface area contributed by atoms with E-state index >= 15 is 0 Å². The molecule has 154 valence electrons. The highest BCUT2D eigenvalue weighted by Crippen LogP contribution is 2.21. The molecule has 1 amide bonds. The smallest absolute Gasteiger partial charge is 0.217 e. The van der Waals surface area contributed by atoms with E-state index in [0.29, 0.717) is 42.0 Å². The summed E-state index contributed by atoms with van der Waals surface area (Å²) in [7, 11) is -3.45. The molecule has 2 rings (SSSR count). The van der Waals surface area contributed by atoms with Gasteiger partial charge in [-0.3, -0.25) is 4.79 Å². The maximum absolute atomic E-state index is 13.0. The number of hydrogen-bond donors (Lipinski definition) is 1. The standard InChI is InChI=1S/C18H25FN4O3S2/c1-13(2)12-23-17(9-8-16(20)24)21-22-18(23)27-10-3-11-28(25,26)15-6-4-14(19)5-7-15/h4-7,13H,3,8-12H2,1-2H3,(H2,20,24). The molecule has 0 aliphatic heterocycles.